The quantitative estimate of drug-likeness (QED) is 0.704. The van der Waals surface area contributed by atoms with Crippen molar-refractivity contribution in [3.63, 3.8) is 0 Å². The summed E-state index contributed by atoms with van der Waals surface area (Å²) in [5, 5.41) is 13.5. The van der Waals surface area contributed by atoms with Crippen molar-refractivity contribution in [3.8, 4) is 0 Å². The molecule has 20 heavy (non-hydrogen) atoms. The number of nitrogens with one attached hydrogen (secondary N) is 2. The van der Waals surface area contributed by atoms with Gasteiger partial charge in [0.2, 0.25) is 0 Å². The highest BCUT2D eigenvalue weighted by Crippen LogP contribution is 2.17. The first-order chi connectivity index (χ1) is 9.65. The molecule has 114 valence electrons. The van der Waals surface area contributed by atoms with Gasteiger partial charge in [-0.3, -0.25) is 0 Å². The number of ether oxygens (including phenoxy) is 2. The van der Waals surface area contributed by atoms with Crippen molar-refractivity contribution in [2.45, 2.75) is 39.0 Å². The number of aliphatic hydroxyl groups excluding tert-OH is 1. The van der Waals surface area contributed by atoms with Gasteiger partial charge in [0.15, 0.2) is 0 Å². The molecule has 0 unspecified atom stereocenters. The topological polar surface area (TPSA) is 79.4 Å². The zero-order valence-corrected chi connectivity index (χ0v) is 12.5. The van der Waals surface area contributed by atoms with Crippen LogP contribution in [0.5, 0.6) is 0 Å². The van der Waals surface area contributed by atoms with E-state index < -0.39 is 6.10 Å². The number of hydrogen-bond acceptors (Lipinski definition) is 5. The number of aromatic amines is 1. The summed E-state index contributed by atoms with van der Waals surface area (Å²) in [5.74, 6) is 1.07. The molecule has 1 aliphatic rings. The number of H-pyrrole nitrogens is 1. The second-order valence-electron chi connectivity index (χ2n) is 5.30. The van der Waals surface area contributed by atoms with Crippen LogP contribution in [-0.2, 0) is 22.4 Å². The van der Waals surface area contributed by atoms with Crippen molar-refractivity contribution < 1.29 is 14.6 Å². The Morgan fingerprint density at radius 1 is 1.50 bits per heavy atom. The molecular formula is C14H25N3O3. The van der Waals surface area contributed by atoms with E-state index in [1.54, 1.807) is 7.11 Å². The maximum Gasteiger partial charge on any atom is 0.107 e. The average molecular weight is 283 g/mol. The fourth-order valence-electron chi connectivity index (χ4n) is 2.50. The number of nitrogens with zero attached hydrogens (tertiary/aromatic N) is 1. The molecule has 6 heteroatoms. The van der Waals surface area contributed by atoms with Crippen LogP contribution in [0.4, 0.5) is 0 Å². The Morgan fingerprint density at radius 2 is 2.30 bits per heavy atom. The molecule has 0 aliphatic carbocycles. The molecule has 1 aliphatic heterocycles. The predicted molar refractivity (Wildman–Crippen MR) is 75.5 cm³/mol. The minimum Gasteiger partial charge on any atom is -0.390 e. The molecule has 3 N–H and O–H groups in total. The zero-order chi connectivity index (χ0) is 14.5. The van der Waals surface area contributed by atoms with Crippen LogP contribution in [0.1, 0.15) is 24.1 Å². The summed E-state index contributed by atoms with van der Waals surface area (Å²) in [6, 6.07) is 0. The lowest BCUT2D eigenvalue weighted by Gasteiger charge is -2.33. The molecule has 2 rings (SSSR count). The van der Waals surface area contributed by atoms with Crippen LogP contribution in [0.25, 0.3) is 0 Å². The van der Waals surface area contributed by atoms with Crippen LogP contribution < -0.4 is 5.32 Å². The Hall–Kier alpha value is -0.950. The van der Waals surface area contributed by atoms with E-state index in [2.05, 4.69) is 22.2 Å². The molecule has 0 radical (unpaired) electrons. The van der Waals surface area contributed by atoms with Crippen LogP contribution in [0.2, 0.25) is 0 Å². The standard InChI is InChI=1S/C14H25N3O3/c1-4-13-16-9(2)11(17-13)6-15-5-10-7-20-8-12(19-3)14(10)18/h10,12,14-15,18H,4-8H2,1-3H3,(H,16,17)/t10-,12-,14+/m1/s1. The molecule has 3 atom stereocenters. The first kappa shape index (κ1) is 15.4. The second-order valence-corrected chi connectivity index (χ2v) is 5.30. The smallest absolute Gasteiger partial charge is 0.107 e. The van der Waals surface area contributed by atoms with E-state index >= 15 is 0 Å². The molecule has 1 aromatic heterocycles. The maximum atomic E-state index is 10.2. The third kappa shape index (κ3) is 3.58. The molecule has 1 saturated heterocycles. The average Bonchev–Trinajstić information content (AvgIpc) is 2.81. The van der Waals surface area contributed by atoms with Crippen molar-refractivity contribution in [1.29, 1.82) is 0 Å². The highest BCUT2D eigenvalue weighted by molar-refractivity contribution is 5.12. The number of hydrogen-bond donors (Lipinski definition) is 3. The summed E-state index contributed by atoms with van der Waals surface area (Å²) in [7, 11) is 1.60. The normalized spacial score (nSPS) is 26.9. The first-order valence-corrected chi connectivity index (χ1v) is 7.19. The lowest BCUT2D eigenvalue weighted by Crippen LogP contribution is -2.48. The number of aryl methyl sites for hydroxylation is 2. The van der Waals surface area contributed by atoms with E-state index in [9.17, 15) is 5.11 Å². The summed E-state index contributed by atoms with van der Waals surface area (Å²) < 4.78 is 10.7. The van der Waals surface area contributed by atoms with E-state index in [4.69, 9.17) is 9.47 Å². The second kappa shape index (κ2) is 7.17. The van der Waals surface area contributed by atoms with Crippen LogP contribution in [0, 0.1) is 12.8 Å². The van der Waals surface area contributed by atoms with Gasteiger partial charge in [0.1, 0.15) is 11.9 Å². The Balaban J connectivity index is 1.81. The molecule has 6 nitrogen and oxygen atoms in total. The Morgan fingerprint density at radius 3 is 2.95 bits per heavy atom. The summed E-state index contributed by atoms with van der Waals surface area (Å²) in [4.78, 5) is 7.79. The highest BCUT2D eigenvalue weighted by Gasteiger charge is 2.32. The molecular weight excluding hydrogens is 258 g/mol. The van der Waals surface area contributed by atoms with Crippen LogP contribution >= 0.6 is 0 Å². The molecule has 0 aromatic carbocycles. The zero-order valence-electron chi connectivity index (χ0n) is 12.5. The van der Waals surface area contributed by atoms with Gasteiger partial charge in [0.05, 0.1) is 25.0 Å². The molecule has 0 bridgehead atoms. The summed E-state index contributed by atoms with van der Waals surface area (Å²) in [6.45, 7) is 6.52. The fraction of sp³-hybridized carbons (Fsp3) is 0.786. The Kier molecular flexibility index (Phi) is 5.54. The number of methoxy groups -OCH3 is 1. The lowest BCUT2D eigenvalue weighted by molar-refractivity contribution is -0.133. The van der Waals surface area contributed by atoms with Crippen LogP contribution in [0.15, 0.2) is 0 Å². The lowest BCUT2D eigenvalue weighted by atomic mass is 9.96. The molecule has 2 heterocycles. The van der Waals surface area contributed by atoms with Gasteiger partial charge in [-0.1, -0.05) is 6.92 Å². The number of aliphatic hydroxyl groups is 1. The predicted octanol–water partition coefficient (Wildman–Crippen LogP) is 0.392. The molecule has 0 saturated carbocycles. The van der Waals surface area contributed by atoms with Gasteiger partial charge in [-0.25, -0.2) is 4.98 Å². The van der Waals surface area contributed by atoms with Crippen molar-refractivity contribution in [2.24, 2.45) is 5.92 Å². The summed E-state index contributed by atoms with van der Waals surface area (Å²) in [6.07, 6.45) is 0.202. The van der Waals surface area contributed by atoms with Gasteiger partial charge in [0.25, 0.3) is 0 Å². The summed E-state index contributed by atoms with van der Waals surface area (Å²) in [5.41, 5.74) is 2.14. The van der Waals surface area contributed by atoms with Crippen LogP contribution in [0.3, 0.4) is 0 Å². The fourth-order valence-corrected chi connectivity index (χ4v) is 2.50. The van der Waals surface area contributed by atoms with Crippen molar-refractivity contribution in [1.82, 2.24) is 15.3 Å². The number of rotatable bonds is 6. The SMILES string of the molecule is CCc1nc(CNC[C@@H]2COC[C@@H](OC)[C@H]2O)c(C)[nH]1. The third-order valence-corrected chi connectivity index (χ3v) is 3.85. The Labute approximate surface area is 119 Å². The minimum absolute atomic E-state index is 0.0543. The molecule has 1 fully saturated rings. The van der Waals surface area contributed by atoms with Gasteiger partial charge in [-0.2, -0.15) is 0 Å². The molecule has 1 aromatic rings. The maximum absolute atomic E-state index is 10.2. The van der Waals surface area contributed by atoms with Crippen molar-refractivity contribution in [2.75, 3.05) is 26.9 Å². The van der Waals surface area contributed by atoms with E-state index in [1.807, 2.05) is 6.92 Å². The summed E-state index contributed by atoms with van der Waals surface area (Å²) >= 11 is 0. The van der Waals surface area contributed by atoms with Gasteiger partial charge in [-0.15, -0.1) is 0 Å². The van der Waals surface area contributed by atoms with Gasteiger partial charge in [-0.05, 0) is 6.92 Å². The van der Waals surface area contributed by atoms with Gasteiger partial charge < -0.3 is 24.9 Å². The third-order valence-electron chi connectivity index (χ3n) is 3.85. The van der Waals surface area contributed by atoms with Gasteiger partial charge >= 0.3 is 0 Å². The monoisotopic (exact) mass is 283 g/mol. The van der Waals surface area contributed by atoms with Crippen molar-refractivity contribution >= 4 is 0 Å². The van der Waals surface area contributed by atoms with Crippen LogP contribution in [-0.4, -0.2) is 54.2 Å². The van der Waals surface area contributed by atoms with E-state index in [0.29, 0.717) is 26.3 Å². The number of imidazole rings is 1. The first-order valence-electron chi connectivity index (χ1n) is 7.19. The van der Waals surface area contributed by atoms with Crippen molar-refractivity contribution in [3.05, 3.63) is 17.2 Å². The van der Waals surface area contributed by atoms with E-state index in [1.165, 1.54) is 0 Å². The highest BCUT2D eigenvalue weighted by atomic mass is 16.5. The minimum atomic E-state index is -0.479. The van der Waals surface area contributed by atoms with E-state index in [-0.39, 0.29) is 12.0 Å². The largest absolute Gasteiger partial charge is 0.390 e. The van der Waals surface area contributed by atoms with E-state index in [0.717, 1.165) is 23.6 Å². The Bertz CT molecular complexity index is 422. The molecule has 0 amide bonds. The molecule has 0 spiro atoms. The van der Waals surface area contributed by atoms with Gasteiger partial charge in [0, 0.05) is 38.2 Å². The number of aromatic nitrogens is 2.